The van der Waals surface area contributed by atoms with Crippen LogP contribution in [0.1, 0.15) is 25.8 Å². The van der Waals surface area contributed by atoms with E-state index < -0.39 is 10.0 Å². The minimum absolute atomic E-state index is 0.139. The Bertz CT molecular complexity index is 848. The van der Waals surface area contributed by atoms with E-state index in [4.69, 9.17) is 4.74 Å². The van der Waals surface area contributed by atoms with Gasteiger partial charge in [-0.15, -0.1) is 0 Å². The second-order valence-electron chi connectivity index (χ2n) is 5.99. The molecule has 0 radical (unpaired) electrons. The highest BCUT2D eigenvalue weighted by molar-refractivity contribution is 7.89. The third-order valence-electron chi connectivity index (χ3n) is 3.96. The molecule has 0 saturated heterocycles. The molecule has 0 heterocycles. The first-order valence-corrected chi connectivity index (χ1v) is 9.88. The second-order valence-corrected chi connectivity index (χ2v) is 7.71. The zero-order valence-corrected chi connectivity index (χ0v) is 16.0. The van der Waals surface area contributed by atoms with Crippen molar-refractivity contribution >= 4 is 21.6 Å². The van der Waals surface area contributed by atoms with E-state index >= 15 is 0 Å². The first-order valence-electron chi connectivity index (χ1n) is 8.40. The SMILES string of the molecule is CCC(C)NS(=O)(=O)c1ccc(NC(=O)Cc2ccccc2OC)cc1. The van der Waals surface area contributed by atoms with Crippen molar-refractivity contribution in [3.8, 4) is 5.75 Å². The maximum absolute atomic E-state index is 12.2. The van der Waals surface area contributed by atoms with Gasteiger partial charge in [0.1, 0.15) is 5.75 Å². The van der Waals surface area contributed by atoms with E-state index in [0.29, 0.717) is 17.9 Å². The number of hydrogen-bond acceptors (Lipinski definition) is 4. The van der Waals surface area contributed by atoms with Crippen molar-refractivity contribution in [2.24, 2.45) is 0 Å². The molecular formula is C19H24N2O4S. The van der Waals surface area contributed by atoms with Crippen LogP contribution in [0, 0.1) is 0 Å². The molecule has 0 aliphatic heterocycles. The highest BCUT2D eigenvalue weighted by atomic mass is 32.2. The van der Waals surface area contributed by atoms with Crippen molar-refractivity contribution in [3.63, 3.8) is 0 Å². The highest BCUT2D eigenvalue weighted by Gasteiger charge is 2.16. The average Bonchev–Trinajstić information content (AvgIpc) is 2.62. The summed E-state index contributed by atoms with van der Waals surface area (Å²) in [5.74, 6) is 0.447. The van der Waals surface area contributed by atoms with Crippen molar-refractivity contribution in [2.75, 3.05) is 12.4 Å². The van der Waals surface area contributed by atoms with E-state index in [-0.39, 0.29) is 23.3 Å². The Morgan fingerprint density at radius 2 is 1.77 bits per heavy atom. The number of nitrogens with one attached hydrogen (secondary N) is 2. The van der Waals surface area contributed by atoms with Crippen LogP contribution in [0.3, 0.4) is 0 Å². The Hall–Kier alpha value is -2.38. The zero-order valence-electron chi connectivity index (χ0n) is 15.2. The molecule has 7 heteroatoms. The fourth-order valence-electron chi connectivity index (χ4n) is 2.36. The lowest BCUT2D eigenvalue weighted by Crippen LogP contribution is -2.31. The molecule has 0 fully saturated rings. The lowest BCUT2D eigenvalue weighted by atomic mass is 10.1. The molecule has 0 aromatic heterocycles. The normalized spacial score (nSPS) is 12.4. The van der Waals surface area contributed by atoms with Gasteiger partial charge in [0.05, 0.1) is 18.4 Å². The molecule has 2 rings (SSSR count). The highest BCUT2D eigenvalue weighted by Crippen LogP contribution is 2.19. The summed E-state index contributed by atoms with van der Waals surface area (Å²) < 4.78 is 32.3. The molecule has 0 aliphatic rings. The van der Waals surface area contributed by atoms with Gasteiger partial charge in [0.2, 0.25) is 15.9 Å². The van der Waals surface area contributed by atoms with Gasteiger partial charge in [-0.3, -0.25) is 4.79 Å². The van der Waals surface area contributed by atoms with Crippen LogP contribution in [0.5, 0.6) is 5.75 Å². The smallest absolute Gasteiger partial charge is 0.240 e. The van der Waals surface area contributed by atoms with Crippen molar-refractivity contribution in [3.05, 3.63) is 54.1 Å². The van der Waals surface area contributed by atoms with Crippen LogP contribution < -0.4 is 14.8 Å². The standard InChI is InChI=1S/C19H24N2O4S/c1-4-14(2)21-26(23,24)17-11-9-16(10-12-17)20-19(22)13-15-7-5-6-8-18(15)25-3/h5-12,14,21H,4,13H2,1-3H3,(H,20,22). The molecule has 6 nitrogen and oxygen atoms in total. The molecule has 26 heavy (non-hydrogen) atoms. The van der Waals surface area contributed by atoms with Crippen molar-refractivity contribution in [2.45, 2.75) is 37.6 Å². The Morgan fingerprint density at radius 1 is 1.12 bits per heavy atom. The minimum atomic E-state index is -3.55. The van der Waals surface area contributed by atoms with E-state index in [1.165, 1.54) is 12.1 Å². The third-order valence-corrected chi connectivity index (χ3v) is 5.57. The van der Waals surface area contributed by atoms with E-state index in [1.54, 1.807) is 25.3 Å². The largest absolute Gasteiger partial charge is 0.496 e. The lowest BCUT2D eigenvalue weighted by Gasteiger charge is -2.13. The Balaban J connectivity index is 2.04. The minimum Gasteiger partial charge on any atom is -0.496 e. The summed E-state index contributed by atoms with van der Waals surface area (Å²) in [5, 5.41) is 2.76. The number of methoxy groups -OCH3 is 1. The summed E-state index contributed by atoms with van der Waals surface area (Å²) in [6.45, 7) is 3.72. The summed E-state index contributed by atoms with van der Waals surface area (Å²) in [6.07, 6.45) is 0.871. The predicted octanol–water partition coefficient (Wildman–Crippen LogP) is 2.95. The predicted molar refractivity (Wildman–Crippen MR) is 102 cm³/mol. The van der Waals surface area contributed by atoms with Gasteiger partial charge in [-0.1, -0.05) is 25.1 Å². The van der Waals surface area contributed by atoms with Crippen LogP contribution in [-0.4, -0.2) is 27.5 Å². The number of hydrogen-bond donors (Lipinski definition) is 2. The molecule has 2 aromatic rings. The Labute approximate surface area is 154 Å². The summed E-state index contributed by atoms with van der Waals surface area (Å²) in [6, 6.07) is 13.3. The number of sulfonamides is 1. The van der Waals surface area contributed by atoms with Gasteiger partial charge in [-0.2, -0.15) is 0 Å². The molecule has 2 aromatic carbocycles. The van der Waals surface area contributed by atoms with E-state index in [1.807, 2.05) is 32.0 Å². The monoisotopic (exact) mass is 376 g/mol. The Kier molecular flexibility index (Phi) is 6.76. The number of benzene rings is 2. The summed E-state index contributed by atoms with van der Waals surface area (Å²) in [4.78, 5) is 12.4. The van der Waals surface area contributed by atoms with E-state index in [2.05, 4.69) is 10.0 Å². The number of para-hydroxylation sites is 1. The van der Waals surface area contributed by atoms with Crippen LogP contribution >= 0.6 is 0 Å². The van der Waals surface area contributed by atoms with Crippen LogP contribution in [-0.2, 0) is 21.2 Å². The fourth-order valence-corrected chi connectivity index (χ4v) is 3.69. The molecular weight excluding hydrogens is 352 g/mol. The van der Waals surface area contributed by atoms with E-state index in [0.717, 1.165) is 5.56 Å². The van der Waals surface area contributed by atoms with Gasteiger partial charge in [0.15, 0.2) is 0 Å². The molecule has 0 aliphatic carbocycles. The number of ether oxygens (including phenoxy) is 1. The molecule has 1 atom stereocenters. The summed E-state index contributed by atoms with van der Waals surface area (Å²) in [7, 11) is -1.99. The van der Waals surface area contributed by atoms with Crippen LogP contribution in [0.25, 0.3) is 0 Å². The van der Waals surface area contributed by atoms with Gasteiger partial charge in [0.25, 0.3) is 0 Å². The first-order chi connectivity index (χ1) is 12.4. The fraction of sp³-hybridized carbons (Fsp3) is 0.316. The van der Waals surface area contributed by atoms with Crippen LogP contribution in [0.4, 0.5) is 5.69 Å². The molecule has 140 valence electrons. The average molecular weight is 376 g/mol. The van der Waals surface area contributed by atoms with Gasteiger partial charge in [-0.25, -0.2) is 13.1 Å². The zero-order chi connectivity index (χ0) is 19.2. The summed E-state index contributed by atoms with van der Waals surface area (Å²) >= 11 is 0. The number of carbonyl (C=O) groups is 1. The number of carbonyl (C=O) groups excluding carboxylic acids is 1. The number of amides is 1. The topological polar surface area (TPSA) is 84.5 Å². The molecule has 1 unspecified atom stereocenters. The molecule has 0 saturated carbocycles. The molecule has 0 bridgehead atoms. The molecule has 1 amide bonds. The van der Waals surface area contributed by atoms with Gasteiger partial charge >= 0.3 is 0 Å². The maximum atomic E-state index is 12.2. The quantitative estimate of drug-likeness (QED) is 0.742. The Morgan fingerprint density at radius 3 is 2.38 bits per heavy atom. The molecule has 2 N–H and O–H groups in total. The van der Waals surface area contributed by atoms with Gasteiger partial charge < -0.3 is 10.1 Å². The summed E-state index contributed by atoms with van der Waals surface area (Å²) in [5.41, 5.74) is 1.32. The van der Waals surface area contributed by atoms with Crippen molar-refractivity contribution in [1.29, 1.82) is 0 Å². The molecule has 0 spiro atoms. The number of rotatable bonds is 8. The van der Waals surface area contributed by atoms with E-state index in [9.17, 15) is 13.2 Å². The van der Waals surface area contributed by atoms with Gasteiger partial charge in [0, 0.05) is 17.3 Å². The van der Waals surface area contributed by atoms with Crippen LogP contribution in [0.2, 0.25) is 0 Å². The van der Waals surface area contributed by atoms with Crippen molar-refractivity contribution in [1.82, 2.24) is 4.72 Å². The second kappa shape index (κ2) is 8.82. The third kappa shape index (κ3) is 5.31. The first kappa shape index (κ1) is 19.9. The van der Waals surface area contributed by atoms with Crippen LogP contribution in [0.15, 0.2) is 53.4 Å². The van der Waals surface area contributed by atoms with Crippen molar-refractivity contribution < 1.29 is 17.9 Å². The maximum Gasteiger partial charge on any atom is 0.240 e. The lowest BCUT2D eigenvalue weighted by molar-refractivity contribution is -0.115. The van der Waals surface area contributed by atoms with Gasteiger partial charge in [-0.05, 0) is 43.7 Å². The number of anilines is 1.